The Bertz CT molecular complexity index is 2440. The van der Waals surface area contributed by atoms with Crippen LogP contribution in [0.25, 0.3) is 11.3 Å². The van der Waals surface area contributed by atoms with E-state index in [1.807, 2.05) is 21.2 Å². The number of aromatic nitrogens is 8. The summed E-state index contributed by atoms with van der Waals surface area (Å²) in [6.45, 7) is 0. The lowest BCUT2D eigenvalue weighted by Gasteiger charge is -2.13. The third kappa shape index (κ3) is 7.46. The molecule has 0 bridgehead atoms. The van der Waals surface area contributed by atoms with Crippen molar-refractivity contribution in [1.82, 2.24) is 38.3 Å². The Morgan fingerprint density at radius 3 is 2.15 bits per heavy atom. The highest BCUT2D eigenvalue weighted by molar-refractivity contribution is 7.86. The first-order valence-corrected chi connectivity index (χ1v) is 19.5. The quantitative estimate of drug-likeness (QED) is 0.138. The number of hydrogen-bond donors (Lipinski definition) is 1. The van der Waals surface area contributed by atoms with Crippen LogP contribution >= 0.6 is 0 Å². The molecule has 0 aromatic carbocycles. The van der Waals surface area contributed by atoms with Crippen molar-refractivity contribution in [2.45, 2.75) is 75.3 Å². The number of hydrogen-bond acceptors (Lipinski definition) is 11. The Hall–Kier alpha value is -5.35. The van der Waals surface area contributed by atoms with Crippen LogP contribution in [0.4, 0.5) is 0 Å². The van der Waals surface area contributed by atoms with E-state index < -0.39 is 22.2 Å². The molecule has 1 N–H and O–H groups in total. The second kappa shape index (κ2) is 13.9. The summed E-state index contributed by atoms with van der Waals surface area (Å²) in [6.07, 6.45) is 18.8. The highest BCUT2D eigenvalue weighted by Gasteiger charge is 2.32. The van der Waals surface area contributed by atoms with Crippen molar-refractivity contribution in [1.29, 1.82) is 0 Å². The summed E-state index contributed by atoms with van der Waals surface area (Å²) in [5.41, 5.74) is 6.58. The Balaban J connectivity index is 0.000000153. The fourth-order valence-corrected chi connectivity index (χ4v) is 7.60. The topological polar surface area (TPSA) is 177 Å². The van der Waals surface area contributed by atoms with Gasteiger partial charge in [-0.2, -0.15) is 8.42 Å². The van der Waals surface area contributed by atoms with E-state index in [0.717, 1.165) is 47.8 Å². The first-order valence-electron chi connectivity index (χ1n) is 17.7. The van der Waals surface area contributed by atoms with Crippen LogP contribution in [0, 0.1) is 0 Å². The van der Waals surface area contributed by atoms with Crippen molar-refractivity contribution in [2.75, 3.05) is 20.5 Å². The number of H-pyrrole nitrogens is 1. The Kier molecular flexibility index (Phi) is 9.10. The summed E-state index contributed by atoms with van der Waals surface area (Å²) in [6, 6.07) is 8.31. The van der Waals surface area contributed by atoms with E-state index in [0.29, 0.717) is 36.0 Å². The highest BCUT2D eigenvalue weighted by Crippen LogP contribution is 2.41. The number of pyridine rings is 2. The number of fused-ring (bicyclic) bond motifs is 3. The Morgan fingerprint density at radius 2 is 1.51 bits per heavy atom. The molecule has 6 aromatic heterocycles. The lowest BCUT2D eigenvalue weighted by molar-refractivity contribution is 0.0581. The van der Waals surface area contributed by atoms with Gasteiger partial charge in [0.05, 0.1) is 50.3 Å². The fraction of sp³-hybridized carbons (Fsp3) is 0.405. The summed E-state index contributed by atoms with van der Waals surface area (Å²) in [5, 5.41) is 0. The molecule has 15 nitrogen and oxygen atoms in total. The summed E-state index contributed by atoms with van der Waals surface area (Å²) in [4.78, 5) is 44.3. The van der Waals surface area contributed by atoms with Crippen LogP contribution < -0.4 is 0 Å². The zero-order valence-corrected chi connectivity index (χ0v) is 30.5. The van der Waals surface area contributed by atoms with Gasteiger partial charge in [-0.05, 0) is 73.6 Å². The van der Waals surface area contributed by atoms with Crippen molar-refractivity contribution >= 4 is 33.4 Å². The maximum Gasteiger partial charge on any atom is 0.356 e. The molecule has 7 heterocycles. The number of aromatic amines is 1. The predicted octanol–water partition coefficient (Wildman–Crippen LogP) is 5.10. The van der Waals surface area contributed by atoms with Crippen molar-refractivity contribution in [3.8, 4) is 0 Å². The van der Waals surface area contributed by atoms with Crippen LogP contribution in [0.5, 0.6) is 0 Å². The van der Waals surface area contributed by atoms with E-state index in [4.69, 9.17) is 13.9 Å². The third-order valence-corrected chi connectivity index (χ3v) is 10.5. The molecule has 16 heteroatoms. The normalized spacial score (nSPS) is 17.4. The number of carbonyl (C=O) groups is 2. The van der Waals surface area contributed by atoms with Crippen LogP contribution in [0.1, 0.15) is 118 Å². The minimum atomic E-state index is -3.69. The second-order valence-corrected chi connectivity index (χ2v) is 15.5. The van der Waals surface area contributed by atoms with E-state index in [9.17, 15) is 18.0 Å². The molecule has 2 saturated carbocycles. The number of imidazole rings is 4. The van der Waals surface area contributed by atoms with Gasteiger partial charge >= 0.3 is 11.9 Å². The molecule has 2 fully saturated rings. The molecule has 9 rings (SSSR count). The predicted molar refractivity (Wildman–Crippen MR) is 191 cm³/mol. The molecule has 0 radical (unpaired) electrons. The average molecular weight is 741 g/mol. The zero-order chi connectivity index (χ0) is 36.9. The van der Waals surface area contributed by atoms with E-state index in [-0.39, 0.29) is 17.7 Å². The second-order valence-electron chi connectivity index (χ2n) is 13.9. The highest BCUT2D eigenvalue weighted by atomic mass is 32.2. The molecule has 0 saturated heterocycles. The maximum absolute atomic E-state index is 12.0. The van der Waals surface area contributed by atoms with Crippen LogP contribution in [-0.2, 0) is 36.6 Å². The maximum atomic E-state index is 12.0. The molecule has 2 aliphatic carbocycles. The van der Waals surface area contributed by atoms with E-state index >= 15 is 0 Å². The molecular formula is C37H40N8O7S. The molecule has 2 atom stereocenters. The van der Waals surface area contributed by atoms with E-state index in [1.165, 1.54) is 57.2 Å². The third-order valence-electron chi connectivity index (χ3n) is 9.94. The number of nitrogens with one attached hydrogen (secondary N) is 1. The summed E-state index contributed by atoms with van der Waals surface area (Å²) >= 11 is 0. The van der Waals surface area contributed by atoms with Crippen LogP contribution in [0.15, 0.2) is 61.4 Å². The molecule has 0 amide bonds. The van der Waals surface area contributed by atoms with Gasteiger partial charge in [0.25, 0.3) is 10.1 Å². The summed E-state index contributed by atoms with van der Waals surface area (Å²) in [5.74, 6) is 1.93. The minimum Gasteiger partial charge on any atom is -0.464 e. The largest absolute Gasteiger partial charge is 0.464 e. The molecule has 2 unspecified atom stereocenters. The van der Waals surface area contributed by atoms with Gasteiger partial charge in [-0.3, -0.25) is 4.18 Å². The fourth-order valence-electron chi connectivity index (χ4n) is 6.98. The van der Waals surface area contributed by atoms with Gasteiger partial charge < -0.3 is 27.8 Å². The Labute approximate surface area is 305 Å². The van der Waals surface area contributed by atoms with Crippen LogP contribution in [0.2, 0.25) is 0 Å². The SMILES string of the molecule is COC(=O)c1cnc(CCC(OS(C)(=O)=O)c2cn3cc(C4CC4)ccc3n2)[nH]1.COC(=O)c1cnc2n1C(c1cn3cc(C4CC4)ccc3n1)CC2. The van der Waals surface area contributed by atoms with Crippen LogP contribution in [0.3, 0.4) is 0 Å². The van der Waals surface area contributed by atoms with Gasteiger partial charge in [0.15, 0.2) is 0 Å². The van der Waals surface area contributed by atoms with Gasteiger partial charge in [0, 0.05) is 37.6 Å². The molecule has 6 aromatic rings. The van der Waals surface area contributed by atoms with Crippen molar-refractivity contribution < 1.29 is 31.7 Å². The molecule has 3 aliphatic rings. The number of nitrogens with zero attached hydrogens (tertiary/aromatic N) is 7. The monoisotopic (exact) mass is 740 g/mol. The number of aryl methyl sites for hydroxylation is 2. The van der Waals surface area contributed by atoms with Crippen molar-refractivity contribution in [3.05, 3.63) is 107 Å². The summed E-state index contributed by atoms with van der Waals surface area (Å²) < 4.78 is 44.4. The zero-order valence-electron chi connectivity index (χ0n) is 29.6. The number of ether oxygens (including phenoxy) is 2. The number of carbonyl (C=O) groups excluding carboxylic acids is 2. The molecule has 1 aliphatic heterocycles. The first kappa shape index (κ1) is 34.7. The van der Waals surface area contributed by atoms with E-state index in [1.54, 1.807) is 12.4 Å². The van der Waals surface area contributed by atoms with Crippen LogP contribution in [-0.4, -0.2) is 79.1 Å². The van der Waals surface area contributed by atoms with Crippen molar-refractivity contribution in [3.63, 3.8) is 0 Å². The smallest absolute Gasteiger partial charge is 0.356 e. The van der Waals surface area contributed by atoms with Gasteiger partial charge in [-0.1, -0.05) is 12.1 Å². The van der Waals surface area contributed by atoms with Gasteiger partial charge in [0.2, 0.25) is 0 Å². The van der Waals surface area contributed by atoms with Gasteiger partial charge in [-0.25, -0.2) is 29.5 Å². The lowest BCUT2D eigenvalue weighted by atomic mass is 10.1. The van der Waals surface area contributed by atoms with Gasteiger partial charge in [0.1, 0.15) is 40.4 Å². The molecule has 276 valence electrons. The molecular weight excluding hydrogens is 701 g/mol. The lowest BCUT2D eigenvalue weighted by Crippen LogP contribution is -2.14. The van der Waals surface area contributed by atoms with Crippen molar-refractivity contribution in [2.24, 2.45) is 0 Å². The molecule has 53 heavy (non-hydrogen) atoms. The first-order chi connectivity index (χ1) is 25.6. The van der Waals surface area contributed by atoms with Gasteiger partial charge in [-0.15, -0.1) is 0 Å². The summed E-state index contributed by atoms with van der Waals surface area (Å²) in [7, 11) is -1.00. The minimum absolute atomic E-state index is 0.0425. The number of esters is 2. The Morgan fingerprint density at radius 1 is 0.849 bits per heavy atom. The average Bonchev–Trinajstić information content (AvgIpc) is 3.88. The van der Waals surface area contributed by atoms with E-state index in [2.05, 4.69) is 59.7 Å². The number of methoxy groups -OCH3 is 2. The molecule has 0 spiro atoms. The standard InChI is InChI=1S/C19H22N4O5S.C18H18N4O2/c1-27-19(24)14-9-20-17(21-14)7-6-16(28-29(2,25)26)15-11-23-10-13(12-3-4-12)5-8-18(23)22-15;1-24-18(23)15-8-19-16-7-5-14(22(15)16)13-10-21-9-12(11-2-3-11)4-6-17(21)20-13/h5,8-12,16H,3-4,6-7H2,1-2H3,(H,20,21);4,6,8-11,14H,2-3,5,7H2,1H3. The number of rotatable bonds is 11.